The predicted octanol–water partition coefficient (Wildman–Crippen LogP) is 1.15. The van der Waals surface area contributed by atoms with Crippen molar-refractivity contribution < 1.29 is 8.91 Å². The van der Waals surface area contributed by atoms with Gasteiger partial charge in [0.05, 0.1) is 22.4 Å². The molecular formula is C17H14FN5O4S. The largest absolute Gasteiger partial charge is 0.364 e. The van der Waals surface area contributed by atoms with Gasteiger partial charge in [-0.25, -0.2) is 27.9 Å². The molecule has 5 rings (SSSR count). The third-order valence-electron chi connectivity index (χ3n) is 4.89. The van der Waals surface area contributed by atoms with Crippen molar-refractivity contribution in [2.24, 2.45) is 0 Å². The summed E-state index contributed by atoms with van der Waals surface area (Å²) in [5.41, 5.74) is -0.366. The van der Waals surface area contributed by atoms with E-state index in [1.54, 1.807) is 6.07 Å². The number of rotatable bonds is 3. The van der Waals surface area contributed by atoms with Gasteiger partial charge in [0.2, 0.25) is 0 Å². The van der Waals surface area contributed by atoms with Gasteiger partial charge < -0.3 is 4.52 Å². The van der Waals surface area contributed by atoms with E-state index in [2.05, 4.69) is 5.16 Å². The molecule has 0 saturated carbocycles. The Morgan fingerprint density at radius 2 is 1.82 bits per heavy atom. The van der Waals surface area contributed by atoms with Gasteiger partial charge in [-0.2, -0.15) is 0 Å². The van der Waals surface area contributed by atoms with Crippen LogP contribution in [0.4, 0.5) is 4.39 Å². The molecule has 4 heterocycles. The fourth-order valence-electron chi connectivity index (χ4n) is 3.56. The molecule has 9 nitrogen and oxygen atoms in total. The Bertz CT molecular complexity index is 1330. The number of thiazole rings is 1. The van der Waals surface area contributed by atoms with Crippen molar-refractivity contribution in [1.82, 2.24) is 23.7 Å². The Labute approximate surface area is 159 Å². The number of aromatic nitrogens is 5. The molecule has 28 heavy (non-hydrogen) atoms. The van der Waals surface area contributed by atoms with Gasteiger partial charge in [0.1, 0.15) is 17.8 Å². The van der Waals surface area contributed by atoms with Gasteiger partial charge in [-0.1, -0.05) is 16.5 Å². The van der Waals surface area contributed by atoms with E-state index in [1.165, 1.54) is 32.3 Å². The molecule has 0 amide bonds. The van der Waals surface area contributed by atoms with Gasteiger partial charge in [-0.3, -0.25) is 9.36 Å². The molecule has 0 spiro atoms. The quantitative estimate of drug-likeness (QED) is 0.511. The van der Waals surface area contributed by atoms with Gasteiger partial charge in [0.25, 0.3) is 0 Å². The molecule has 0 N–H and O–H groups in total. The third-order valence-corrected chi connectivity index (χ3v) is 5.84. The molecule has 0 bridgehead atoms. The molecule has 0 unspecified atom stereocenters. The van der Waals surface area contributed by atoms with Crippen LogP contribution in [0.25, 0.3) is 15.9 Å². The molecule has 0 aliphatic carbocycles. The maximum Gasteiger partial charge on any atom is 0.351 e. The van der Waals surface area contributed by atoms with Crippen LogP contribution in [0, 0.1) is 5.82 Å². The summed E-state index contributed by atoms with van der Waals surface area (Å²) < 4.78 is 24.9. The molecule has 4 aromatic rings. The van der Waals surface area contributed by atoms with E-state index in [9.17, 15) is 18.8 Å². The van der Waals surface area contributed by atoms with E-state index in [1.807, 2.05) is 0 Å². The molecule has 11 heteroatoms. The zero-order valence-corrected chi connectivity index (χ0v) is 15.3. The summed E-state index contributed by atoms with van der Waals surface area (Å²) in [5.74, 6) is -0.731. The first-order valence-electron chi connectivity index (χ1n) is 8.70. The lowest BCUT2D eigenvalue weighted by Gasteiger charge is -2.13. The Morgan fingerprint density at radius 1 is 1.11 bits per heavy atom. The predicted molar refractivity (Wildman–Crippen MR) is 98.7 cm³/mol. The zero-order chi connectivity index (χ0) is 19.4. The minimum Gasteiger partial charge on any atom is -0.364 e. The topological polar surface area (TPSA) is 97.0 Å². The minimum atomic E-state index is -0.731. The summed E-state index contributed by atoms with van der Waals surface area (Å²) >= 11 is 0.888. The van der Waals surface area contributed by atoms with Crippen LogP contribution in [-0.2, 0) is 19.6 Å². The lowest BCUT2D eigenvalue weighted by atomic mass is 10.2. The number of halogens is 1. The monoisotopic (exact) mass is 403 g/mol. The fraction of sp³-hybridized carbons (Fsp3) is 0.294. The van der Waals surface area contributed by atoms with E-state index in [-0.39, 0.29) is 17.1 Å². The molecule has 0 saturated heterocycles. The standard InChI is InChI=1S/C17H14FN5O4S/c18-11-7-14-13(20(17(26)28-14)9-10-3-6-27-19-10)8-12(11)23-15(24)21-4-1-2-5-22(21)16(23)25/h3,6-8H,1-2,4-5,9H2. The second-order valence-electron chi connectivity index (χ2n) is 6.57. The Balaban J connectivity index is 1.74. The number of nitrogens with zero attached hydrogens (tertiary/aromatic N) is 5. The molecule has 144 valence electrons. The van der Waals surface area contributed by atoms with Crippen molar-refractivity contribution >= 4 is 21.6 Å². The van der Waals surface area contributed by atoms with Crippen molar-refractivity contribution in [3.05, 3.63) is 66.6 Å². The van der Waals surface area contributed by atoms with Crippen LogP contribution in [0.2, 0.25) is 0 Å². The highest BCUT2D eigenvalue weighted by atomic mass is 32.1. The molecule has 3 aromatic heterocycles. The fourth-order valence-corrected chi connectivity index (χ4v) is 4.45. The van der Waals surface area contributed by atoms with Crippen molar-refractivity contribution in [3.8, 4) is 5.69 Å². The van der Waals surface area contributed by atoms with Gasteiger partial charge in [-0.05, 0) is 25.0 Å². The maximum atomic E-state index is 14.8. The van der Waals surface area contributed by atoms with Crippen LogP contribution < -0.4 is 16.3 Å². The van der Waals surface area contributed by atoms with E-state index in [0.29, 0.717) is 29.0 Å². The van der Waals surface area contributed by atoms with E-state index >= 15 is 0 Å². The molecule has 1 aliphatic rings. The van der Waals surface area contributed by atoms with Crippen LogP contribution >= 0.6 is 11.3 Å². The first kappa shape index (κ1) is 16.9. The molecule has 1 aliphatic heterocycles. The number of benzene rings is 1. The first-order valence-corrected chi connectivity index (χ1v) is 9.51. The molecule has 0 atom stereocenters. The van der Waals surface area contributed by atoms with Crippen molar-refractivity contribution in [3.63, 3.8) is 0 Å². The van der Waals surface area contributed by atoms with Crippen LogP contribution in [0.3, 0.4) is 0 Å². The summed E-state index contributed by atoms with van der Waals surface area (Å²) in [6.45, 7) is 0.973. The first-order chi connectivity index (χ1) is 13.5. The van der Waals surface area contributed by atoms with Gasteiger partial charge >= 0.3 is 16.3 Å². The van der Waals surface area contributed by atoms with Gasteiger partial charge in [-0.15, -0.1) is 0 Å². The van der Waals surface area contributed by atoms with Crippen molar-refractivity contribution in [2.75, 3.05) is 0 Å². The summed E-state index contributed by atoms with van der Waals surface area (Å²) in [7, 11) is 0. The van der Waals surface area contributed by atoms with Crippen LogP contribution in [0.5, 0.6) is 0 Å². The summed E-state index contributed by atoms with van der Waals surface area (Å²) in [5, 5.41) is 3.79. The van der Waals surface area contributed by atoms with Crippen molar-refractivity contribution in [1.29, 1.82) is 0 Å². The number of fused-ring (bicyclic) bond motifs is 2. The highest BCUT2D eigenvalue weighted by molar-refractivity contribution is 7.16. The second-order valence-corrected chi connectivity index (χ2v) is 7.56. The summed E-state index contributed by atoms with van der Waals surface area (Å²) in [6, 6.07) is 4.18. The Hall–Kier alpha value is -3.21. The molecule has 1 aromatic carbocycles. The Morgan fingerprint density at radius 3 is 2.46 bits per heavy atom. The van der Waals surface area contributed by atoms with Crippen molar-refractivity contribution in [2.45, 2.75) is 32.5 Å². The third kappa shape index (κ3) is 2.43. The van der Waals surface area contributed by atoms with E-state index in [0.717, 1.165) is 28.7 Å². The summed E-state index contributed by atoms with van der Waals surface area (Å²) in [4.78, 5) is 37.5. The van der Waals surface area contributed by atoms with Gasteiger partial charge in [0, 0.05) is 19.2 Å². The molecule has 0 fully saturated rings. The lowest BCUT2D eigenvalue weighted by Crippen LogP contribution is -2.30. The lowest BCUT2D eigenvalue weighted by molar-refractivity contribution is 0.348. The maximum absolute atomic E-state index is 14.8. The second kappa shape index (κ2) is 6.16. The summed E-state index contributed by atoms with van der Waals surface area (Å²) in [6.07, 6.45) is 2.96. The minimum absolute atomic E-state index is 0.139. The molecular weight excluding hydrogens is 389 g/mol. The number of hydrogen-bond acceptors (Lipinski definition) is 6. The molecule has 0 radical (unpaired) electrons. The van der Waals surface area contributed by atoms with E-state index < -0.39 is 17.2 Å². The highest BCUT2D eigenvalue weighted by Gasteiger charge is 2.23. The normalized spacial score (nSPS) is 13.9. The average Bonchev–Trinajstić information content (AvgIpc) is 3.36. The van der Waals surface area contributed by atoms with Crippen LogP contribution in [-0.4, -0.2) is 23.7 Å². The zero-order valence-electron chi connectivity index (χ0n) is 14.5. The highest BCUT2D eigenvalue weighted by Crippen LogP contribution is 2.24. The number of hydrogen-bond donors (Lipinski definition) is 0. The smallest absolute Gasteiger partial charge is 0.351 e. The Kier molecular flexibility index (Phi) is 3.72. The van der Waals surface area contributed by atoms with Crippen LogP contribution in [0.1, 0.15) is 18.5 Å². The van der Waals surface area contributed by atoms with Gasteiger partial charge in [0.15, 0.2) is 0 Å². The SMILES string of the molecule is O=c1sc2cc(F)c(-n3c(=O)n4n(c3=O)CCCC4)cc2n1Cc1ccon1. The average molecular weight is 403 g/mol. The van der Waals surface area contributed by atoms with E-state index in [4.69, 9.17) is 4.52 Å². The van der Waals surface area contributed by atoms with Crippen LogP contribution in [0.15, 0.2) is 43.4 Å².